The van der Waals surface area contributed by atoms with Gasteiger partial charge in [-0.2, -0.15) is 0 Å². The molecule has 1 aromatic carbocycles. The monoisotopic (exact) mass is 316 g/mol. The summed E-state index contributed by atoms with van der Waals surface area (Å²) in [5.74, 6) is 0. The zero-order chi connectivity index (χ0) is 17.1. The van der Waals surface area contributed by atoms with Crippen LogP contribution in [0.15, 0.2) is 45.9 Å². The predicted octanol–water partition coefficient (Wildman–Crippen LogP) is 2.19. The largest absolute Gasteiger partial charge is 0.374 e. The van der Waals surface area contributed by atoms with Gasteiger partial charge >= 0.3 is 0 Å². The Balaban J connectivity index is 1.64. The van der Waals surface area contributed by atoms with E-state index in [0.29, 0.717) is 30.7 Å². The average Bonchev–Trinajstić information content (AvgIpc) is 3.39. The van der Waals surface area contributed by atoms with Crippen LogP contribution in [0.1, 0.15) is 12.6 Å². The van der Waals surface area contributed by atoms with Crippen LogP contribution in [0.4, 0.5) is 5.69 Å². The van der Waals surface area contributed by atoms with E-state index in [9.17, 15) is 0 Å². The molecule has 1 aliphatic heterocycles. The lowest BCUT2D eigenvalue weighted by molar-refractivity contribution is 0.104. The molecule has 1 atom stereocenters. The van der Waals surface area contributed by atoms with E-state index in [-0.39, 0.29) is 6.10 Å². The van der Waals surface area contributed by atoms with E-state index in [2.05, 4.69) is 15.4 Å². The Morgan fingerprint density at radius 1 is 1.35 bits per heavy atom. The Hall–Kier alpha value is -2.25. The van der Waals surface area contributed by atoms with E-state index in [0.717, 1.165) is 17.9 Å². The van der Waals surface area contributed by atoms with E-state index >= 15 is 0 Å². The second-order valence-corrected chi connectivity index (χ2v) is 5.54. The molecule has 0 aliphatic carbocycles. The Kier molecular flexibility index (Phi) is 4.30. The van der Waals surface area contributed by atoms with Crippen molar-refractivity contribution < 1.29 is 10.8 Å². The van der Waals surface area contributed by atoms with Crippen molar-refractivity contribution in [1.29, 1.82) is 0 Å². The van der Waals surface area contributed by atoms with Gasteiger partial charge < -0.3 is 18.6 Å². The van der Waals surface area contributed by atoms with Crippen molar-refractivity contribution in [2.75, 3.05) is 13.2 Å². The smallest absolute Gasteiger partial charge is 0.231 e. The molecule has 0 amide bonds. The normalized spacial score (nSPS) is 18.7. The quantitative estimate of drug-likeness (QED) is 0.466. The van der Waals surface area contributed by atoms with Gasteiger partial charge in [0, 0.05) is 26.0 Å². The molecule has 1 fully saturated rings. The van der Waals surface area contributed by atoms with Gasteiger partial charge in [-0.1, -0.05) is 17.2 Å². The summed E-state index contributed by atoms with van der Waals surface area (Å²) in [5.41, 5.74) is 3.20. The molecule has 0 saturated carbocycles. The summed E-state index contributed by atoms with van der Waals surface area (Å²) in [5, 5.41) is 12.1. The summed E-state index contributed by atoms with van der Waals surface area (Å²) in [6.45, 7) is 3.88. The van der Waals surface area contributed by atoms with Crippen LogP contribution in [0, 0.1) is 6.92 Å². The maximum atomic E-state index is 7.90. The third-order valence-corrected chi connectivity index (χ3v) is 3.64. The Morgan fingerprint density at radius 3 is 2.70 bits per heavy atom. The first-order valence-electron chi connectivity index (χ1n) is 7.98. The van der Waals surface area contributed by atoms with Crippen LogP contribution < -0.4 is 5.62 Å². The van der Waals surface area contributed by atoms with E-state index in [1.807, 2.05) is 42.8 Å². The molecular weight excluding hydrogens is 294 g/mol. The van der Waals surface area contributed by atoms with Crippen molar-refractivity contribution in [2.24, 2.45) is 29.5 Å². The van der Waals surface area contributed by atoms with Crippen LogP contribution in [-0.4, -0.2) is 28.5 Å². The summed E-state index contributed by atoms with van der Waals surface area (Å²) in [4.78, 5) is 0. The second kappa shape index (κ2) is 6.89. The van der Waals surface area contributed by atoms with Gasteiger partial charge in [0.2, 0.25) is 5.62 Å². The highest BCUT2D eigenvalue weighted by Crippen LogP contribution is 2.15. The number of aromatic nitrogens is 2. The summed E-state index contributed by atoms with van der Waals surface area (Å²) < 4.78 is 22.0. The van der Waals surface area contributed by atoms with E-state index in [1.165, 1.54) is 0 Å². The lowest BCUT2D eigenvalue weighted by Crippen LogP contribution is -2.21. The lowest BCUT2D eigenvalue weighted by atomic mass is 10.2. The molecule has 0 spiro atoms. The van der Waals surface area contributed by atoms with Crippen LogP contribution in [0.5, 0.6) is 0 Å². The van der Waals surface area contributed by atoms with Crippen molar-refractivity contribution in [2.45, 2.75) is 19.6 Å². The molecular formula is C16H21N5O2. The zero-order valence-corrected chi connectivity index (χ0v) is 13.6. The predicted molar refractivity (Wildman–Crippen MR) is 85.0 cm³/mol. The fourth-order valence-corrected chi connectivity index (χ4v) is 2.12. The molecule has 1 unspecified atom stereocenters. The highest BCUT2D eigenvalue weighted by molar-refractivity contribution is 5.37. The Bertz CT molecular complexity index is 775. The standard InChI is InChI=1S/C16H21N5O2/c1-12-8-20(2)16(21(12)3)18-19-17-14-6-4-13(5-7-14)9-22-10-15-11-23-15/h4-8,15H,9-11H2,1-3H3/b18-16-,19-17+/i8D. The number of epoxide rings is 1. The molecule has 2 aromatic rings. The van der Waals surface area contributed by atoms with Gasteiger partial charge in [0.05, 0.1) is 26.9 Å². The summed E-state index contributed by atoms with van der Waals surface area (Å²) >= 11 is 0. The molecule has 0 radical (unpaired) electrons. The maximum Gasteiger partial charge on any atom is 0.231 e. The molecule has 7 heteroatoms. The van der Waals surface area contributed by atoms with Crippen molar-refractivity contribution in [1.82, 2.24) is 9.13 Å². The number of benzene rings is 1. The molecule has 3 rings (SSSR count). The molecule has 0 bridgehead atoms. The number of hydrogen-bond acceptors (Lipinski definition) is 4. The minimum absolute atomic E-state index is 0.284. The van der Waals surface area contributed by atoms with Gasteiger partial charge in [-0.25, -0.2) is 0 Å². The van der Waals surface area contributed by atoms with Crippen molar-refractivity contribution >= 4 is 5.69 Å². The number of imidazole rings is 1. The molecule has 0 N–H and O–H groups in total. The van der Waals surface area contributed by atoms with Crippen molar-refractivity contribution in [3.05, 3.63) is 47.3 Å². The Labute approximate surface area is 136 Å². The van der Waals surface area contributed by atoms with Gasteiger partial charge in [-0.15, -0.1) is 5.11 Å². The van der Waals surface area contributed by atoms with Crippen molar-refractivity contribution in [3.63, 3.8) is 0 Å². The highest BCUT2D eigenvalue weighted by Gasteiger charge is 2.22. The average molecular weight is 316 g/mol. The molecule has 122 valence electrons. The van der Waals surface area contributed by atoms with E-state index < -0.39 is 0 Å². The summed E-state index contributed by atoms with van der Waals surface area (Å²) in [6, 6.07) is 7.66. The number of rotatable bonds is 6. The molecule has 1 saturated heterocycles. The minimum atomic E-state index is 0.284. The zero-order valence-electron chi connectivity index (χ0n) is 14.6. The minimum Gasteiger partial charge on any atom is -0.374 e. The van der Waals surface area contributed by atoms with E-state index in [1.54, 1.807) is 11.6 Å². The molecule has 1 aromatic heterocycles. The first-order valence-corrected chi connectivity index (χ1v) is 7.48. The third kappa shape index (κ3) is 4.14. The topological polar surface area (TPSA) is 68.7 Å². The molecule has 7 nitrogen and oxygen atoms in total. The highest BCUT2D eigenvalue weighted by atomic mass is 16.6. The van der Waals surface area contributed by atoms with Gasteiger partial charge in [0.15, 0.2) is 0 Å². The lowest BCUT2D eigenvalue weighted by Gasteiger charge is -2.02. The molecule has 2 heterocycles. The third-order valence-electron chi connectivity index (χ3n) is 3.64. The fraction of sp³-hybridized carbons (Fsp3) is 0.438. The van der Waals surface area contributed by atoms with Crippen LogP contribution in [0.3, 0.4) is 0 Å². The van der Waals surface area contributed by atoms with Crippen LogP contribution >= 0.6 is 0 Å². The van der Waals surface area contributed by atoms with Crippen LogP contribution in [0.2, 0.25) is 0 Å². The number of hydrogen-bond donors (Lipinski definition) is 0. The Morgan fingerprint density at radius 2 is 2.09 bits per heavy atom. The second-order valence-electron chi connectivity index (χ2n) is 5.54. The summed E-state index contributed by atoms with van der Waals surface area (Å²) in [7, 11) is 3.63. The maximum absolute atomic E-state index is 7.90. The first-order chi connectivity index (χ1) is 11.6. The number of ether oxygens (including phenoxy) is 2. The summed E-state index contributed by atoms with van der Waals surface area (Å²) in [6.07, 6.45) is 0.693. The van der Waals surface area contributed by atoms with Crippen molar-refractivity contribution in [3.8, 4) is 0 Å². The first kappa shape index (κ1) is 14.3. The number of nitrogens with zero attached hydrogens (tertiary/aromatic N) is 5. The van der Waals surface area contributed by atoms with Gasteiger partial charge in [-0.3, -0.25) is 0 Å². The molecule has 1 aliphatic rings. The fourth-order valence-electron chi connectivity index (χ4n) is 2.12. The van der Waals surface area contributed by atoms with Gasteiger partial charge in [0.25, 0.3) is 0 Å². The van der Waals surface area contributed by atoms with Crippen LogP contribution in [0.25, 0.3) is 0 Å². The van der Waals surface area contributed by atoms with Gasteiger partial charge in [-0.05, 0) is 29.8 Å². The van der Waals surface area contributed by atoms with Crippen LogP contribution in [-0.2, 0) is 30.2 Å². The van der Waals surface area contributed by atoms with E-state index in [4.69, 9.17) is 10.8 Å². The van der Waals surface area contributed by atoms with Gasteiger partial charge in [0.1, 0.15) is 6.10 Å². The SMILES string of the molecule is [2H]c1c(C)n(C)/c(=N\N=N\c2ccc(COCC3CO3)cc2)n1C. The molecule has 23 heavy (non-hydrogen) atoms.